The van der Waals surface area contributed by atoms with Gasteiger partial charge in [0.25, 0.3) is 0 Å². The second kappa shape index (κ2) is 13.2. The van der Waals surface area contributed by atoms with Gasteiger partial charge in [0.15, 0.2) is 0 Å². The summed E-state index contributed by atoms with van der Waals surface area (Å²) in [6.07, 6.45) is 3.41. The zero-order valence-corrected chi connectivity index (χ0v) is 21.8. The average molecular weight is 466 g/mol. The molecule has 0 radical (unpaired) electrons. The summed E-state index contributed by atoms with van der Waals surface area (Å²) < 4.78 is 0. The van der Waals surface area contributed by atoms with Gasteiger partial charge in [-0.3, -0.25) is 0 Å². The molecule has 2 aromatic carbocycles. The molecule has 0 spiro atoms. The van der Waals surface area contributed by atoms with Crippen LogP contribution in [0.3, 0.4) is 0 Å². The molecule has 1 aliphatic carbocycles. The summed E-state index contributed by atoms with van der Waals surface area (Å²) in [6.45, 7) is 14.8. The first-order valence-corrected chi connectivity index (χ1v) is 9.27. The Morgan fingerprint density at radius 1 is 0.862 bits per heavy atom. The van der Waals surface area contributed by atoms with Crippen LogP contribution in [0.4, 0.5) is 5.69 Å². The minimum Gasteiger partial charge on any atom is -0.698 e. The van der Waals surface area contributed by atoms with Gasteiger partial charge in [0.1, 0.15) is 0 Å². The van der Waals surface area contributed by atoms with Crippen LogP contribution >= 0.6 is 24.8 Å². The maximum atomic E-state index is 7.54. The van der Waals surface area contributed by atoms with Gasteiger partial charge < -0.3 is 5.73 Å². The standard InChI is InChI=1S/C16H19.C9H12N.2ClH.Ti/c1-11(2)14-7-5-6-8-15(14)16-10-12(3)9-13(16)4;1-6-4-7(2)9(10)8(3)5-6;;;/h5-9H,10H2,1-4H3;4-5,10H,1-3H3;2*1H;/q2*-1;;;+2. The molecule has 0 unspecified atom stereocenters. The number of halogens is 2. The van der Waals surface area contributed by atoms with E-state index in [0.717, 1.165) is 17.5 Å². The Labute approximate surface area is 205 Å². The fourth-order valence-corrected chi connectivity index (χ4v) is 3.60. The second-order valence-corrected chi connectivity index (χ2v) is 7.65. The molecule has 4 heteroatoms. The fraction of sp³-hybridized carbons (Fsp3) is 0.320. The van der Waals surface area contributed by atoms with Crippen molar-refractivity contribution < 1.29 is 21.7 Å². The van der Waals surface area contributed by atoms with Crippen molar-refractivity contribution in [2.45, 2.75) is 54.9 Å². The Balaban J connectivity index is 0. The predicted molar refractivity (Wildman–Crippen MR) is 130 cm³/mol. The number of aryl methyl sites for hydroxylation is 3. The second-order valence-electron chi connectivity index (χ2n) is 7.65. The van der Waals surface area contributed by atoms with Crippen molar-refractivity contribution in [1.29, 1.82) is 0 Å². The van der Waals surface area contributed by atoms with Gasteiger partial charge in [-0.1, -0.05) is 71.5 Å². The van der Waals surface area contributed by atoms with Crippen LogP contribution in [0.2, 0.25) is 0 Å². The van der Waals surface area contributed by atoms with Crippen LogP contribution in [0.25, 0.3) is 11.3 Å². The number of allylic oxidation sites excluding steroid dienone is 4. The average Bonchev–Trinajstić information content (AvgIpc) is 2.91. The van der Waals surface area contributed by atoms with E-state index in [1.807, 2.05) is 26.0 Å². The number of nitrogens with one attached hydrogen (secondary N) is 1. The molecule has 1 aliphatic rings. The zero-order valence-electron chi connectivity index (χ0n) is 18.6. The Bertz CT molecular complexity index is 844. The van der Waals surface area contributed by atoms with Crippen LogP contribution in [-0.4, -0.2) is 0 Å². The van der Waals surface area contributed by atoms with Gasteiger partial charge in [-0.15, -0.1) is 48.2 Å². The van der Waals surface area contributed by atoms with Crippen LogP contribution < -0.4 is 0 Å². The van der Waals surface area contributed by atoms with Crippen molar-refractivity contribution in [3.05, 3.63) is 93.1 Å². The van der Waals surface area contributed by atoms with E-state index in [1.165, 1.54) is 39.3 Å². The number of benzene rings is 2. The van der Waals surface area contributed by atoms with Crippen LogP contribution in [0.15, 0.2) is 53.6 Å². The van der Waals surface area contributed by atoms with Crippen molar-refractivity contribution in [3.8, 4) is 0 Å². The third-order valence-corrected chi connectivity index (χ3v) is 4.86. The minimum absolute atomic E-state index is 0. The normalized spacial score (nSPS) is 11.9. The van der Waals surface area contributed by atoms with Crippen molar-refractivity contribution in [1.82, 2.24) is 0 Å². The van der Waals surface area contributed by atoms with Gasteiger partial charge in [0.05, 0.1) is 0 Å². The smallest absolute Gasteiger partial charge is 0.698 e. The van der Waals surface area contributed by atoms with Gasteiger partial charge in [0, 0.05) is 0 Å². The predicted octanol–water partition coefficient (Wildman–Crippen LogP) is 8.91. The fourth-order valence-electron chi connectivity index (χ4n) is 3.60. The summed E-state index contributed by atoms with van der Waals surface area (Å²) in [6, 6.07) is 12.8. The summed E-state index contributed by atoms with van der Waals surface area (Å²) in [5.41, 5.74) is 18.8. The molecule has 0 bridgehead atoms. The largest absolute Gasteiger partial charge is 2.00 e. The van der Waals surface area contributed by atoms with Gasteiger partial charge in [-0.25, -0.2) is 0 Å². The molecule has 0 atom stereocenters. The van der Waals surface area contributed by atoms with Gasteiger partial charge in [-0.2, -0.15) is 17.5 Å². The molecule has 0 aromatic heterocycles. The molecule has 29 heavy (non-hydrogen) atoms. The molecular formula is C25H33Cl2NTi. The maximum Gasteiger partial charge on any atom is 2.00 e. The molecule has 0 saturated heterocycles. The molecule has 2 aromatic rings. The maximum absolute atomic E-state index is 7.54. The van der Waals surface area contributed by atoms with Crippen molar-refractivity contribution in [2.24, 2.45) is 0 Å². The van der Waals surface area contributed by atoms with E-state index in [0.29, 0.717) is 5.69 Å². The topological polar surface area (TPSA) is 23.8 Å². The van der Waals surface area contributed by atoms with Gasteiger partial charge in [0.2, 0.25) is 0 Å². The monoisotopic (exact) mass is 465 g/mol. The summed E-state index contributed by atoms with van der Waals surface area (Å²) in [4.78, 5) is 0. The SMILES string of the molecule is CC1=CC(C)=C(c2ccccc2[C-](C)C)C1.Cc1cc(C)c([NH-])c(C)c1.Cl.Cl.[Ti+2]. The molecule has 156 valence electrons. The molecule has 1 nitrogen and oxygen atoms in total. The van der Waals surface area contributed by atoms with E-state index in [-0.39, 0.29) is 46.5 Å². The van der Waals surface area contributed by atoms with E-state index >= 15 is 0 Å². The van der Waals surface area contributed by atoms with Gasteiger partial charge in [-0.05, 0) is 41.0 Å². The van der Waals surface area contributed by atoms with Crippen LogP contribution in [-0.2, 0) is 21.7 Å². The summed E-state index contributed by atoms with van der Waals surface area (Å²) in [5, 5.41) is 0. The molecule has 0 fully saturated rings. The number of hydrogen-bond donors (Lipinski definition) is 0. The third kappa shape index (κ3) is 7.91. The zero-order chi connectivity index (χ0) is 19.4. The van der Waals surface area contributed by atoms with E-state index in [9.17, 15) is 0 Å². The summed E-state index contributed by atoms with van der Waals surface area (Å²) in [7, 11) is 0. The van der Waals surface area contributed by atoms with Crippen LogP contribution in [0.1, 0.15) is 61.9 Å². The van der Waals surface area contributed by atoms with Crippen molar-refractivity contribution in [3.63, 3.8) is 0 Å². The molecule has 0 heterocycles. The first-order chi connectivity index (χ1) is 12.2. The molecule has 0 aliphatic heterocycles. The summed E-state index contributed by atoms with van der Waals surface area (Å²) >= 11 is 0. The van der Waals surface area contributed by atoms with E-state index in [2.05, 4.69) is 65.0 Å². The van der Waals surface area contributed by atoms with Crippen molar-refractivity contribution >= 4 is 36.1 Å². The Kier molecular flexibility index (Phi) is 13.7. The van der Waals surface area contributed by atoms with Crippen LogP contribution in [0.5, 0.6) is 0 Å². The number of rotatable bonds is 2. The van der Waals surface area contributed by atoms with E-state index in [1.54, 1.807) is 0 Å². The van der Waals surface area contributed by atoms with Crippen LogP contribution in [0, 0.1) is 26.7 Å². The Hall–Kier alpha value is -1.12. The minimum atomic E-state index is 0. The molecule has 3 rings (SSSR count). The first kappa shape index (κ1) is 30.1. The quantitative estimate of drug-likeness (QED) is 0.312. The van der Waals surface area contributed by atoms with E-state index < -0.39 is 0 Å². The molecule has 1 N–H and O–H groups in total. The molecule has 0 saturated carbocycles. The molecular weight excluding hydrogens is 433 g/mol. The first-order valence-electron chi connectivity index (χ1n) is 9.27. The summed E-state index contributed by atoms with van der Waals surface area (Å²) in [5.74, 6) is 1.39. The third-order valence-electron chi connectivity index (χ3n) is 4.86. The van der Waals surface area contributed by atoms with E-state index in [4.69, 9.17) is 5.73 Å². The Morgan fingerprint density at radius 2 is 1.38 bits per heavy atom. The number of hydrogen-bond acceptors (Lipinski definition) is 0. The van der Waals surface area contributed by atoms with Crippen molar-refractivity contribution in [2.75, 3.05) is 0 Å². The molecule has 0 amide bonds. The Morgan fingerprint density at radius 3 is 1.83 bits per heavy atom. The van der Waals surface area contributed by atoms with Gasteiger partial charge >= 0.3 is 21.7 Å².